The van der Waals surface area contributed by atoms with Gasteiger partial charge in [-0.25, -0.2) is 9.37 Å². The molecule has 0 aliphatic heterocycles. The molecule has 0 saturated carbocycles. The van der Waals surface area contributed by atoms with Crippen LogP contribution in [0.3, 0.4) is 0 Å². The minimum atomic E-state index is -4.36. The molecule has 4 nitrogen and oxygen atoms in total. The van der Waals surface area contributed by atoms with Crippen LogP contribution in [0, 0.1) is 5.82 Å². The van der Waals surface area contributed by atoms with Gasteiger partial charge in [-0.15, -0.1) is 11.3 Å². The Kier molecular flexibility index (Phi) is 7.04. The summed E-state index contributed by atoms with van der Waals surface area (Å²) in [5.74, 6) is -0.0457. The zero-order valence-corrected chi connectivity index (χ0v) is 16.5. The third-order valence-corrected chi connectivity index (χ3v) is 5.01. The van der Waals surface area contributed by atoms with Crippen molar-refractivity contribution in [2.75, 3.05) is 6.54 Å². The standard InChI is InChI=1S/C21H18F4N2O2S/c22-16-5-7-18(8-6-16)29-12-20-27-17(13-30-20)11-19(28)26-10-9-14-1-3-15(4-2-14)21(23,24)25/h1-8,13H,9-12H2,(H,26,28). The lowest BCUT2D eigenvalue weighted by molar-refractivity contribution is -0.137. The Morgan fingerprint density at radius 1 is 1.07 bits per heavy atom. The Hall–Kier alpha value is -2.94. The van der Waals surface area contributed by atoms with E-state index < -0.39 is 11.7 Å². The lowest BCUT2D eigenvalue weighted by atomic mass is 10.1. The average Bonchev–Trinajstić information content (AvgIpc) is 3.14. The van der Waals surface area contributed by atoms with E-state index in [-0.39, 0.29) is 24.8 Å². The van der Waals surface area contributed by atoms with Gasteiger partial charge in [0.15, 0.2) is 0 Å². The first-order valence-corrected chi connectivity index (χ1v) is 9.92. The molecule has 0 unspecified atom stereocenters. The number of carbonyl (C=O) groups is 1. The summed E-state index contributed by atoms with van der Waals surface area (Å²) in [6, 6.07) is 10.5. The third-order valence-electron chi connectivity index (χ3n) is 4.13. The van der Waals surface area contributed by atoms with Gasteiger partial charge < -0.3 is 10.1 Å². The van der Waals surface area contributed by atoms with E-state index >= 15 is 0 Å². The molecular formula is C21H18F4N2O2S. The van der Waals surface area contributed by atoms with Crippen molar-refractivity contribution in [3.63, 3.8) is 0 Å². The molecule has 1 amide bonds. The zero-order valence-electron chi connectivity index (χ0n) is 15.7. The normalized spacial score (nSPS) is 11.3. The van der Waals surface area contributed by atoms with Crippen molar-refractivity contribution in [2.45, 2.75) is 25.6 Å². The Bertz CT molecular complexity index is 970. The number of rotatable bonds is 8. The van der Waals surface area contributed by atoms with Crippen molar-refractivity contribution in [1.82, 2.24) is 10.3 Å². The van der Waals surface area contributed by atoms with Crippen molar-refractivity contribution in [1.29, 1.82) is 0 Å². The van der Waals surface area contributed by atoms with E-state index in [4.69, 9.17) is 4.74 Å². The molecule has 0 atom stereocenters. The number of ether oxygens (including phenoxy) is 1. The molecule has 1 N–H and O–H groups in total. The van der Waals surface area contributed by atoms with Crippen LogP contribution in [-0.4, -0.2) is 17.4 Å². The molecule has 0 fully saturated rings. The fraction of sp³-hybridized carbons (Fsp3) is 0.238. The first kappa shape index (κ1) is 21.8. The number of halogens is 4. The summed E-state index contributed by atoms with van der Waals surface area (Å²) in [5, 5.41) is 5.18. The van der Waals surface area contributed by atoms with Gasteiger partial charge in [0.05, 0.1) is 17.7 Å². The third kappa shape index (κ3) is 6.55. The molecule has 0 aliphatic rings. The van der Waals surface area contributed by atoms with Crippen molar-refractivity contribution >= 4 is 17.2 Å². The van der Waals surface area contributed by atoms with E-state index in [1.54, 1.807) is 5.38 Å². The second kappa shape index (κ2) is 9.71. The molecule has 0 radical (unpaired) electrons. The van der Waals surface area contributed by atoms with Gasteiger partial charge in [0.1, 0.15) is 23.2 Å². The zero-order chi connectivity index (χ0) is 21.6. The van der Waals surface area contributed by atoms with Gasteiger partial charge in [0, 0.05) is 11.9 Å². The molecule has 0 saturated heterocycles. The van der Waals surface area contributed by atoms with Crippen LogP contribution in [0.2, 0.25) is 0 Å². The van der Waals surface area contributed by atoms with Crippen molar-refractivity contribution in [3.8, 4) is 5.75 Å². The lowest BCUT2D eigenvalue weighted by Gasteiger charge is -2.08. The highest BCUT2D eigenvalue weighted by molar-refractivity contribution is 7.09. The number of nitrogens with one attached hydrogen (secondary N) is 1. The predicted molar refractivity (Wildman–Crippen MR) is 105 cm³/mol. The molecule has 0 spiro atoms. The number of hydrogen-bond acceptors (Lipinski definition) is 4. The molecule has 0 bridgehead atoms. The van der Waals surface area contributed by atoms with Gasteiger partial charge in [-0.2, -0.15) is 13.2 Å². The molecule has 1 aromatic heterocycles. The van der Waals surface area contributed by atoms with E-state index in [1.165, 1.54) is 47.7 Å². The van der Waals surface area contributed by atoms with Gasteiger partial charge in [-0.1, -0.05) is 12.1 Å². The SMILES string of the molecule is O=C(Cc1csc(COc2ccc(F)cc2)n1)NCCc1ccc(C(F)(F)F)cc1. The monoisotopic (exact) mass is 438 g/mol. The van der Waals surface area contributed by atoms with Gasteiger partial charge in [0.2, 0.25) is 5.91 Å². The maximum Gasteiger partial charge on any atom is 0.416 e. The summed E-state index contributed by atoms with van der Waals surface area (Å²) in [4.78, 5) is 16.4. The van der Waals surface area contributed by atoms with E-state index in [0.717, 1.165) is 12.1 Å². The molecule has 1 heterocycles. The Balaban J connectivity index is 1.40. The van der Waals surface area contributed by atoms with Crippen LogP contribution in [0.1, 0.15) is 21.8 Å². The summed E-state index contributed by atoms with van der Waals surface area (Å²) in [7, 11) is 0. The van der Waals surface area contributed by atoms with Crippen LogP contribution in [0.5, 0.6) is 5.75 Å². The van der Waals surface area contributed by atoms with Crippen molar-refractivity contribution in [2.24, 2.45) is 0 Å². The van der Waals surface area contributed by atoms with Crippen molar-refractivity contribution < 1.29 is 27.1 Å². The summed E-state index contributed by atoms with van der Waals surface area (Å²) < 4.78 is 56.0. The molecule has 9 heteroatoms. The number of amides is 1. The lowest BCUT2D eigenvalue weighted by Crippen LogP contribution is -2.27. The topological polar surface area (TPSA) is 51.2 Å². The average molecular weight is 438 g/mol. The number of thiazole rings is 1. The van der Waals surface area contributed by atoms with Crippen LogP contribution in [0.4, 0.5) is 17.6 Å². The second-order valence-corrected chi connectivity index (χ2v) is 7.39. The van der Waals surface area contributed by atoms with Crippen LogP contribution in [0.15, 0.2) is 53.9 Å². The summed E-state index contributed by atoms with van der Waals surface area (Å²) in [6.07, 6.45) is -3.83. The molecule has 3 rings (SSSR count). The largest absolute Gasteiger partial charge is 0.486 e. The minimum Gasteiger partial charge on any atom is -0.486 e. The van der Waals surface area contributed by atoms with Crippen LogP contribution >= 0.6 is 11.3 Å². The van der Waals surface area contributed by atoms with Crippen LogP contribution < -0.4 is 10.1 Å². The van der Waals surface area contributed by atoms with Gasteiger partial charge in [-0.05, 0) is 48.4 Å². The molecule has 0 aliphatic carbocycles. The summed E-state index contributed by atoms with van der Waals surface area (Å²) in [5.41, 5.74) is 0.611. The summed E-state index contributed by atoms with van der Waals surface area (Å²) in [6.45, 7) is 0.528. The number of nitrogens with zero attached hydrogens (tertiary/aromatic N) is 1. The van der Waals surface area contributed by atoms with E-state index in [1.807, 2.05) is 0 Å². The molecule has 3 aromatic rings. The number of aromatic nitrogens is 1. The maximum absolute atomic E-state index is 12.9. The molecule has 158 valence electrons. The van der Waals surface area contributed by atoms with E-state index in [9.17, 15) is 22.4 Å². The summed E-state index contributed by atoms with van der Waals surface area (Å²) >= 11 is 1.36. The van der Waals surface area contributed by atoms with Gasteiger partial charge >= 0.3 is 6.18 Å². The Morgan fingerprint density at radius 3 is 2.43 bits per heavy atom. The molecular weight excluding hydrogens is 420 g/mol. The van der Waals surface area contributed by atoms with E-state index in [2.05, 4.69) is 10.3 Å². The van der Waals surface area contributed by atoms with Crippen LogP contribution in [0.25, 0.3) is 0 Å². The Labute approximate surface area is 174 Å². The maximum atomic E-state index is 12.9. The Morgan fingerprint density at radius 2 is 1.77 bits per heavy atom. The highest BCUT2D eigenvalue weighted by Gasteiger charge is 2.29. The molecule has 2 aromatic carbocycles. The number of alkyl halides is 3. The fourth-order valence-corrected chi connectivity index (χ4v) is 3.31. The first-order chi connectivity index (χ1) is 14.3. The first-order valence-electron chi connectivity index (χ1n) is 9.04. The smallest absolute Gasteiger partial charge is 0.416 e. The highest BCUT2D eigenvalue weighted by atomic mass is 32.1. The number of carbonyl (C=O) groups excluding carboxylic acids is 1. The molecule has 30 heavy (non-hydrogen) atoms. The van der Waals surface area contributed by atoms with Crippen LogP contribution in [-0.2, 0) is 30.4 Å². The minimum absolute atomic E-state index is 0.0973. The van der Waals surface area contributed by atoms with E-state index in [0.29, 0.717) is 35.0 Å². The quantitative estimate of drug-likeness (QED) is 0.515. The van der Waals surface area contributed by atoms with Gasteiger partial charge in [0.25, 0.3) is 0 Å². The highest BCUT2D eigenvalue weighted by Crippen LogP contribution is 2.29. The van der Waals surface area contributed by atoms with Crippen molar-refractivity contribution in [3.05, 3.63) is 81.6 Å². The predicted octanol–water partition coefficient (Wildman–Crippen LogP) is 4.78. The second-order valence-electron chi connectivity index (χ2n) is 6.45. The number of benzene rings is 2. The van der Waals surface area contributed by atoms with Gasteiger partial charge in [-0.3, -0.25) is 4.79 Å². The fourth-order valence-electron chi connectivity index (χ4n) is 2.61. The number of hydrogen-bond donors (Lipinski definition) is 1.